The van der Waals surface area contributed by atoms with Crippen LogP contribution in [0.25, 0.3) is 0 Å². The van der Waals surface area contributed by atoms with Crippen LogP contribution < -0.4 is 53.4 Å². The number of hydrogen-bond donors (Lipinski definition) is 1. The van der Waals surface area contributed by atoms with E-state index < -0.39 is 189 Å². The van der Waals surface area contributed by atoms with Crippen LogP contribution in [0.5, 0.6) is 34.8 Å². The summed E-state index contributed by atoms with van der Waals surface area (Å²) in [6, 6.07) is 14.2. The topological polar surface area (TPSA) is 252 Å². The SMILES string of the molecule is COc1ccc(CN(Cc2ccc(OC)cc2OC)S(=O)(=O)c2cc(N(C(=O)c3cc(C4CC4)c(OC(F)(F)F)nc3N3CCC(F)(F)CC3)N(C(=O)c3cc(C4CC4)c(OC(F)(F)F)nc3N3CCC(F)(F)CC3)c3ccnc(S(N)(=O)=O)c3)ccn2)c(OC)c1. The Labute approximate surface area is 519 Å². The molecule has 2 aliphatic heterocycles. The number of nitrogens with two attached hydrogens (primary N) is 1. The third kappa shape index (κ3) is 15.0. The Kier molecular flexibility index (Phi) is 18.4. The molecule has 2 aromatic carbocycles. The maximum Gasteiger partial charge on any atom is 0.574 e. The fourth-order valence-electron chi connectivity index (χ4n) is 10.6. The largest absolute Gasteiger partial charge is 0.574 e. The molecule has 0 spiro atoms. The quantitative estimate of drug-likeness (QED) is 0.0519. The van der Waals surface area contributed by atoms with Gasteiger partial charge in [0, 0.05) is 124 Å². The van der Waals surface area contributed by atoms with Crippen molar-refractivity contribution in [1.82, 2.24) is 24.2 Å². The number of ether oxygens (including phenoxy) is 6. The molecule has 0 radical (unpaired) electrons. The Morgan fingerprint density at radius 3 is 1.29 bits per heavy atom. The lowest BCUT2D eigenvalue weighted by atomic mass is 10.0. The number of rotatable bonds is 21. The van der Waals surface area contributed by atoms with Crippen LogP contribution in [0.3, 0.4) is 0 Å². The Bertz CT molecular complexity index is 3960. The summed E-state index contributed by atoms with van der Waals surface area (Å²) < 4.78 is 236. The number of benzene rings is 2. The number of nitrogens with zero attached hydrogens (tertiary/aromatic N) is 9. The molecule has 2 saturated carbocycles. The van der Waals surface area contributed by atoms with E-state index in [4.69, 9.17) is 24.1 Å². The van der Waals surface area contributed by atoms with Gasteiger partial charge in [0.05, 0.1) is 50.9 Å². The van der Waals surface area contributed by atoms with Crippen molar-refractivity contribution in [2.75, 3.05) is 74.4 Å². The van der Waals surface area contributed by atoms with Gasteiger partial charge in [-0.3, -0.25) is 9.59 Å². The molecule has 0 atom stereocenters. The number of hydrogen-bond acceptors (Lipinski definition) is 18. The number of primary sulfonamides is 1. The van der Waals surface area contributed by atoms with Crippen LogP contribution in [-0.4, -0.2) is 132 Å². The van der Waals surface area contributed by atoms with E-state index in [1.165, 1.54) is 64.8 Å². The number of halogens is 10. The van der Waals surface area contributed by atoms with Gasteiger partial charge >= 0.3 is 12.7 Å². The number of sulfonamides is 2. The highest BCUT2D eigenvalue weighted by Gasteiger charge is 2.46. The maximum absolute atomic E-state index is 16.6. The van der Waals surface area contributed by atoms with E-state index in [0.717, 1.165) is 56.8 Å². The molecule has 4 fully saturated rings. The van der Waals surface area contributed by atoms with Crippen molar-refractivity contribution >= 4 is 54.9 Å². The molecule has 2 aliphatic carbocycles. The van der Waals surface area contributed by atoms with Crippen LogP contribution in [0.15, 0.2) is 95.2 Å². The van der Waals surface area contributed by atoms with E-state index in [2.05, 4.69) is 29.4 Å². The standard InChI is InChI=1S/C58H58F10N10O12S2/c1-85-39-11-9-35(45(27-39)87-3)31-76(32-36-10-12-40(86-2)28-46(36)88-4)92(83,84)48-26-38(14-20-71-48)78(54(80)44-30-42(34-7-8-34)52(90-58(66,67)68)73-50(44)75-23-17-56(61,62)18-24-75)77(37-13-19-70-47(25-37)91(69,81)82)53(79)43-29-41(33-5-6-33)51(89-57(63,64)65)72-49(43)74-21-15-55(59,60)16-22-74/h9-14,19-20,25-30,33-34H,5-8,15-18,21-24,31-32H2,1-4H3,(H2,69,81,82). The zero-order chi connectivity index (χ0) is 66.5. The fraction of sp³-hybridized carbons (Fsp3) is 0.414. The predicted molar refractivity (Wildman–Crippen MR) is 308 cm³/mol. The van der Waals surface area contributed by atoms with Crippen molar-refractivity contribution in [3.05, 3.63) is 119 Å². The summed E-state index contributed by atoms with van der Waals surface area (Å²) in [6.45, 7) is -3.68. The summed E-state index contributed by atoms with van der Waals surface area (Å²) >= 11 is 0. The average molecular weight is 1340 g/mol. The molecule has 494 valence electrons. The fourth-order valence-corrected chi connectivity index (χ4v) is 12.4. The van der Waals surface area contributed by atoms with E-state index in [0.29, 0.717) is 27.6 Å². The van der Waals surface area contributed by atoms with Gasteiger partial charge in [-0.15, -0.1) is 26.3 Å². The smallest absolute Gasteiger partial charge is 0.497 e. The highest BCUT2D eigenvalue weighted by Crippen LogP contribution is 2.49. The zero-order valence-corrected chi connectivity index (χ0v) is 50.9. The van der Waals surface area contributed by atoms with Gasteiger partial charge in [-0.05, 0) is 73.9 Å². The first-order valence-corrected chi connectivity index (χ1v) is 31.2. The summed E-state index contributed by atoms with van der Waals surface area (Å²) in [7, 11) is -4.66. The molecule has 22 nitrogen and oxygen atoms in total. The molecule has 6 aromatic rings. The predicted octanol–water partition coefficient (Wildman–Crippen LogP) is 10.3. The minimum atomic E-state index is -5.42. The Morgan fingerprint density at radius 1 is 0.565 bits per heavy atom. The van der Waals surface area contributed by atoms with Gasteiger partial charge < -0.3 is 38.2 Å². The average Bonchev–Trinajstić information content (AvgIpc) is 0.924. The van der Waals surface area contributed by atoms with Crippen molar-refractivity contribution in [2.45, 2.75) is 111 Å². The molecule has 0 unspecified atom stereocenters. The number of anilines is 4. The Hall–Kier alpha value is -8.50. The van der Waals surface area contributed by atoms with Crippen LogP contribution in [-0.2, 0) is 33.1 Å². The molecule has 4 aromatic heterocycles. The molecule has 34 heteroatoms. The molecule has 10 rings (SSSR count). The number of carbonyl (C=O) groups excluding carboxylic acids is 2. The van der Waals surface area contributed by atoms with E-state index in [-0.39, 0.29) is 59.4 Å². The Balaban J connectivity index is 1.26. The van der Waals surface area contributed by atoms with Crippen LogP contribution in [0.1, 0.15) is 106 Å². The summed E-state index contributed by atoms with van der Waals surface area (Å²) in [6.07, 6.45) is -12.0. The van der Waals surface area contributed by atoms with E-state index >= 15 is 26.8 Å². The molecular formula is C58H58F10N10O12S2. The number of hydrazine groups is 1. The first-order chi connectivity index (χ1) is 43.3. The number of carbonyl (C=O) groups is 2. The Morgan fingerprint density at radius 2 is 0.946 bits per heavy atom. The second-order valence-corrected chi connectivity index (χ2v) is 25.3. The van der Waals surface area contributed by atoms with Gasteiger partial charge in [0.15, 0.2) is 10.1 Å². The molecule has 92 heavy (non-hydrogen) atoms. The highest BCUT2D eigenvalue weighted by atomic mass is 32.2. The monoisotopic (exact) mass is 1340 g/mol. The summed E-state index contributed by atoms with van der Waals surface area (Å²) in [4.78, 5) is 51.7. The van der Waals surface area contributed by atoms with E-state index in [9.17, 15) is 43.5 Å². The van der Waals surface area contributed by atoms with Crippen LogP contribution in [0, 0.1) is 0 Å². The molecule has 4 aliphatic rings. The summed E-state index contributed by atoms with van der Waals surface area (Å²) in [5.41, 5.74) is -3.11. The summed E-state index contributed by atoms with van der Waals surface area (Å²) in [5.74, 6) is -14.0. The van der Waals surface area contributed by atoms with Gasteiger partial charge in [-0.1, -0.05) is 12.1 Å². The molecule has 2 amide bonds. The van der Waals surface area contributed by atoms with Crippen molar-refractivity contribution in [2.24, 2.45) is 5.14 Å². The molecule has 6 heterocycles. The molecule has 2 N–H and O–H groups in total. The van der Waals surface area contributed by atoms with Crippen molar-refractivity contribution in [3.63, 3.8) is 0 Å². The second kappa shape index (κ2) is 25.5. The number of pyridine rings is 4. The number of alkyl halides is 10. The van der Waals surface area contributed by atoms with E-state index in [1.54, 1.807) is 0 Å². The van der Waals surface area contributed by atoms with Crippen molar-refractivity contribution in [3.8, 4) is 34.8 Å². The van der Waals surface area contributed by atoms with Crippen molar-refractivity contribution in [1.29, 1.82) is 0 Å². The minimum Gasteiger partial charge on any atom is -0.497 e. The third-order valence-electron chi connectivity index (χ3n) is 15.6. The third-order valence-corrected chi connectivity index (χ3v) is 18.1. The van der Waals surface area contributed by atoms with Gasteiger partial charge in [0.2, 0.25) is 11.8 Å². The number of piperidine rings is 2. The van der Waals surface area contributed by atoms with Gasteiger partial charge in [0.1, 0.15) is 34.6 Å². The highest BCUT2D eigenvalue weighted by molar-refractivity contribution is 7.89. The first kappa shape index (κ1) is 66.4. The van der Waals surface area contributed by atoms with Crippen molar-refractivity contribution < 1.29 is 98.7 Å². The van der Waals surface area contributed by atoms with Crippen LogP contribution in [0.2, 0.25) is 0 Å². The number of methoxy groups -OCH3 is 4. The lowest BCUT2D eigenvalue weighted by Crippen LogP contribution is -2.52. The van der Waals surface area contributed by atoms with Gasteiger partial charge in [-0.25, -0.2) is 59.5 Å². The van der Waals surface area contributed by atoms with Crippen LogP contribution in [0.4, 0.5) is 66.9 Å². The first-order valence-electron chi connectivity index (χ1n) is 28.2. The lowest BCUT2D eigenvalue weighted by Gasteiger charge is -2.38. The molecular weight excluding hydrogens is 1280 g/mol. The van der Waals surface area contributed by atoms with E-state index in [1.807, 2.05) is 0 Å². The lowest BCUT2D eigenvalue weighted by molar-refractivity contribution is -0.277. The molecule has 0 bridgehead atoms. The number of amides is 2. The zero-order valence-electron chi connectivity index (χ0n) is 49.2. The van der Waals surface area contributed by atoms with Gasteiger partial charge in [-0.2, -0.15) is 14.3 Å². The van der Waals surface area contributed by atoms with Crippen LogP contribution >= 0.6 is 0 Å². The molecule has 2 saturated heterocycles. The normalized spacial score (nSPS) is 16.8. The van der Waals surface area contributed by atoms with Gasteiger partial charge in [0.25, 0.3) is 43.7 Å². The second-order valence-electron chi connectivity index (χ2n) is 22.0. The summed E-state index contributed by atoms with van der Waals surface area (Å²) in [5, 5.41) is 4.51. The maximum atomic E-state index is 16.6. The minimum absolute atomic E-state index is 0.143. The number of aromatic nitrogens is 4.